The van der Waals surface area contributed by atoms with Gasteiger partial charge in [-0.1, -0.05) is 48.0 Å². The summed E-state index contributed by atoms with van der Waals surface area (Å²) in [6.45, 7) is 1.17. The average molecular weight is 640 g/mol. The number of sulfonamides is 1. The summed E-state index contributed by atoms with van der Waals surface area (Å²) in [5.41, 5.74) is 7.95. The van der Waals surface area contributed by atoms with Crippen molar-refractivity contribution in [3.63, 3.8) is 0 Å². The zero-order valence-electron chi connectivity index (χ0n) is 23.7. The Hall–Kier alpha value is -3.74. The van der Waals surface area contributed by atoms with E-state index in [1.54, 1.807) is 60.7 Å². The maximum absolute atomic E-state index is 15.2. The molecule has 4 N–H and O–H groups in total. The average Bonchev–Trinajstić information content (AvgIpc) is 3.02. The van der Waals surface area contributed by atoms with Crippen molar-refractivity contribution in [2.75, 3.05) is 25.0 Å². The second kappa shape index (κ2) is 13.9. The summed E-state index contributed by atoms with van der Waals surface area (Å²) in [5.74, 6) is -2.52. The minimum absolute atomic E-state index is 0.152. The lowest BCUT2D eigenvalue weighted by Crippen LogP contribution is -2.53. The molecule has 0 saturated carbocycles. The third kappa shape index (κ3) is 7.14. The predicted octanol–water partition coefficient (Wildman–Crippen LogP) is 4.71. The van der Waals surface area contributed by atoms with Crippen molar-refractivity contribution in [1.29, 1.82) is 0 Å². The molecule has 12 heteroatoms. The number of aromatic nitrogens is 1. The number of carbonyl (C=O) groups is 1. The van der Waals surface area contributed by atoms with Gasteiger partial charge in [-0.3, -0.25) is 9.78 Å². The number of benzene rings is 3. The molecule has 0 spiro atoms. The van der Waals surface area contributed by atoms with Gasteiger partial charge in [-0.25, -0.2) is 17.2 Å². The molecule has 1 amide bonds. The molecule has 0 bridgehead atoms. The van der Waals surface area contributed by atoms with Crippen molar-refractivity contribution in [1.82, 2.24) is 14.6 Å². The lowest BCUT2D eigenvalue weighted by molar-refractivity contribution is -0.117. The summed E-state index contributed by atoms with van der Waals surface area (Å²) in [4.78, 5) is 17.7. The zero-order chi connectivity index (χ0) is 31.3. The molecule has 1 aromatic heterocycles. The fourth-order valence-corrected chi connectivity index (χ4v) is 7.32. The van der Waals surface area contributed by atoms with Gasteiger partial charge in [-0.15, -0.1) is 0 Å². The van der Waals surface area contributed by atoms with Gasteiger partial charge >= 0.3 is 0 Å². The smallest absolute Gasteiger partial charge is 0.243 e. The monoisotopic (exact) mass is 639 g/mol. The highest BCUT2D eigenvalue weighted by Gasteiger charge is 2.34. The maximum Gasteiger partial charge on any atom is 0.243 e. The molecular weight excluding hydrogens is 608 g/mol. The fourth-order valence-electron chi connectivity index (χ4n) is 5.52. The number of carbonyl (C=O) groups excluding carboxylic acids is 1. The van der Waals surface area contributed by atoms with Gasteiger partial charge in [0.1, 0.15) is 11.6 Å². The second-order valence-electron chi connectivity index (χ2n) is 10.6. The zero-order valence-corrected chi connectivity index (χ0v) is 25.2. The molecule has 4 aromatic rings. The molecule has 1 fully saturated rings. The molecular formula is C32H32ClF2N5O3S. The first-order chi connectivity index (χ1) is 21.1. The van der Waals surface area contributed by atoms with E-state index in [-0.39, 0.29) is 29.1 Å². The number of nitrogens with zero attached hydrogens (tertiary/aromatic N) is 2. The molecule has 0 radical (unpaired) electrons. The van der Waals surface area contributed by atoms with Crippen molar-refractivity contribution in [3.05, 3.63) is 125 Å². The molecule has 1 saturated heterocycles. The maximum atomic E-state index is 15.2. The summed E-state index contributed by atoms with van der Waals surface area (Å²) in [6, 6.07) is 18.9. The Bertz CT molecular complexity index is 1710. The van der Waals surface area contributed by atoms with Gasteiger partial charge in [0.15, 0.2) is 0 Å². The van der Waals surface area contributed by atoms with Crippen LogP contribution in [0.3, 0.4) is 0 Å². The first-order valence-electron chi connectivity index (χ1n) is 14.1. The number of rotatable bonds is 10. The number of hydrogen-bond acceptors (Lipinski definition) is 6. The van der Waals surface area contributed by atoms with E-state index in [2.05, 4.69) is 15.6 Å². The number of anilines is 1. The lowest BCUT2D eigenvalue weighted by Gasteiger charge is -2.35. The SMILES string of the molecule is N[C@H](C(=O)Nc1cccc(F)c1CC[C@H]1CNCCN1S(=O)(=O)c1ccccc1)[C@@H](c1ccc(Cl)cc1)c1cncc(F)c1. The minimum Gasteiger partial charge on any atom is -0.324 e. The lowest BCUT2D eigenvalue weighted by atomic mass is 9.85. The largest absolute Gasteiger partial charge is 0.324 e. The quantitative estimate of drug-likeness (QED) is 0.232. The van der Waals surface area contributed by atoms with E-state index in [1.807, 2.05) is 0 Å². The first kappa shape index (κ1) is 31.7. The van der Waals surface area contributed by atoms with Crippen LogP contribution < -0.4 is 16.4 Å². The molecule has 0 unspecified atom stereocenters. The van der Waals surface area contributed by atoms with Gasteiger partial charge in [0.05, 0.1) is 17.1 Å². The van der Waals surface area contributed by atoms with E-state index in [4.69, 9.17) is 17.3 Å². The Morgan fingerprint density at radius 3 is 2.52 bits per heavy atom. The summed E-state index contributed by atoms with van der Waals surface area (Å²) < 4.78 is 57.7. The van der Waals surface area contributed by atoms with Gasteiger partial charge in [0.2, 0.25) is 15.9 Å². The summed E-state index contributed by atoms with van der Waals surface area (Å²) in [6.07, 6.45) is 2.95. The van der Waals surface area contributed by atoms with Crippen LogP contribution in [0, 0.1) is 11.6 Å². The van der Waals surface area contributed by atoms with Crippen LogP contribution in [0.15, 0.2) is 96.2 Å². The van der Waals surface area contributed by atoms with Crippen molar-refractivity contribution < 1.29 is 22.0 Å². The molecule has 1 aliphatic heterocycles. The number of amides is 1. The molecule has 2 heterocycles. The molecule has 5 rings (SSSR count). The van der Waals surface area contributed by atoms with E-state index >= 15 is 4.39 Å². The Morgan fingerprint density at radius 1 is 1.05 bits per heavy atom. The topological polar surface area (TPSA) is 117 Å². The van der Waals surface area contributed by atoms with Crippen LogP contribution in [0.4, 0.5) is 14.5 Å². The highest BCUT2D eigenvalue weighted by molar-refractivity contribution is 7.89. The van der Waals surface area contributed by atoms with E-state index in [1.165, 1.54) is 28.7 Å². The summed E-state index contributed by atoms with van der Waals surface area (Å²) in [5, 5.41) is 6.47. The Kier molecular flexibility index (Phi) is 10.0. The second-order valence-corrected chi connectivity index (χ2v) is 12.9. The first-order valence-corrected chi connectivity index (χ1v) is 15.9. The molecule has 0 aliphatic carbocycles. The van der Waals surface area contributed by atoms with Crippen molar-refractivity contribution >= 4 is 33.2 Å². The third-order valence-electron chi connectivity index (χ3n) is 7.73. The number of nitrogens with two attached hydrogens (primary N) is 1. The van der Waals surface area contributed by atoms with Crippen molar-refractivity contribution in [3.8, 4) is 0 Å². The number of pyridine rings is 1. The van der Waals surface area contributed by atoms with E-state index in [0.29, 0.717) is 35.7 Å². The van der Waals surface area contributed by atoms with Gasteiger partial charge in [-0.05, 0) is 66.4 Å². The number of piperazine rings is 1. The predicted molar refractivity (Wildman–Crippen MR) is 166 cm³/mol. The van der Waals surface area contributed by atoms with Crippen LogP contribution in [0.1, 0.15) is 29.0 Å². The Balaban J connectivity index is 1.37. The van der Waals surface area contributed by atoms with Gasteiger partial charge in [-0.2, -0.15) is 4.31 Å². The number of nitrogens with one attached hydrogen (secondary N) is 2. The third-order valence-corrected chi connectivity index (χ3v) is 9.94. The molecule has 1 aliphatic rings. The molecule has 3 atom stereocenters. The van der Waals surface area contributed by atoms with Crippen LogP contribution in [0.5, 0.6) is 0 Å². The highest BCUT2D eigenvalue weighted by Crippen LogP contribution is 2.30. The number of hydrogen-bond donors (Lipinski definition) is 3. The van der Waals surface area contributed by atoms with E-state index < -0.39 is 45.6 Å². The molecule has 230 valence electrons. The highest BCUT2D eigenvalue weighted by atomic mass is 35.5. The standard InChI is InChI=1S/C32H32ClF2N5O3S/c33-23-11-9-21(10-12-23)30(22-17-24(34)19-38-18-22)31(36)32(41)39-29-8-4-7-28(35)27(29)14-13-25-20-37-15-16-40(25)44(42,43)26-5-2-1-3-6-26/h1-12,17-19,25,30-31,37H,13-16,20,36H2,(H,39,41)/t25-,30-,31-/m0/s1. The van der Waals surface area contributed by atoms with Crippen LogP contribution in [0.2, 0.25) is 5.02 Å². The van der Waals surface area contributed by atoms with Gasteiger partial charge < -0.3 is 16.4 Å². The Labute approximate surface area is 260 Å². The van der Waals surface area contributed by atoms with E-state index in [9.17, 15) is 17.6 Å². The van der Waals surface area contributed by atoms with Crippen LogP contribution in [-0.2, 0) is 21.2 Å². The van der Waals surface area contributed by atoms with Crippen LogP contribution in [0.25, 0.3) is 0 Å². The van der Waals surface area contributed by atoms with E-state index in [0.717, 1.165) is 6.20 Å². The minimum atomic E-state index is -3.76. The summed E-state index contributed by atoms with van der Waals surface area (Å²) in [7, 11) is -3.76. The normalized spacial score (nSPS) is 17.1. The van der Waals surface area contributed by atoms with Crippen LogP contribution >= 0.6 is 11.6 Å². The molecule has 44 heavy (non-hydrogen) atoms. The number of halogens is 3. The van der Waals surface area contributed by atoms with Crippen molar-refractivity contribution in [2.24, 2.45) is 5.73 Å². The van der Waals surface area contributed by atoms with Crippen LogP contribution in [-0.4, -0.2) is 55.3 Å². The molecule has 3 aromatic carbocycles. The van der Waals surface area contributed by atoms with Gasteiger partial charge in [0, 0.05) is 54.1 Å². The fraction of sp³-hybridized carbons (Fsp3) is 0.250. The summed E-state index contributed by atoms with van der Waals surface area (Å²) >= 11 is 6.06. The molecule has 8 nitrogen and oxygen atoms in total. The Morgan fingerprint density at radius 2 is 1.80 bits per heavy atom. The van der Waals surface area contributed by atoms with Gasteiger partial charge in [0.25, 0.3) is 0 Å². The van der Waals surface area contributed by atoms with Crippen molar-refractivity contribution in [2.45, 2.75) is 35.7 Å².